The molecule has 0 saturated heterocycles. The van der Waals surface area contributed by atoms with Crippen molar-refractivity contribution in [3.8, 4) is 5.75 Å². The molecule has 0 aromatic heterocycles. The summed E-state index contributed by atoms with van der Waals surface area (Å²) in [5.74, 6) is 0.451. The first-order chi connectivity index (χ1) is 9.04. The van der Waals surface area contributed by atoms with E-state index in [0.29, 0.717) is 11.1 Å². The Labute approximate surface area is 120 Å². The zero-order valence-corrected chi connectivity index (χ0v) is 12.2. The molecule has 0 bridgehead atoms. The molecule has 0 amide bonds. The van der Waals surface area contributed by atoms with Crippen molar-refractivity contribution in [1.82, 2.24) is 0 Å². The van der Waals surface area contributed by atoms with Gasteiger partial charge in [0.2, 0.25) is 0 Å². The second kappa shape index (κ2) is 6.17. The van der Waals surface area contributed by atoms with E-state index in [9.17, 15) is 4.39 Å². The zero-order chi connectivity index (χ0) is 13.8. The minimum absolute atomic E-state index is 0.0353. The third-order valence-corrected chi connectivity index (χ3v) is 3.17. The van der Waals surface area contributed by atoms with Crippen LogP contribution in [0.15, 0.2) is 46.9 Å². The van der Waals surface area contributed by atoms with E-state index in [1.54, 1.807) is 0 Å². The highest BCUT2D eigenvalue weighted by Gasteiger charge is 2.03. The van der Waals surface area contributed by atoms with E-state index >= 15 is 0 Å². The summed E-state index contributed by atoms with van der Waals surface area (Å²) < 4.78 is 19.6. The Kier molecular flexibility index (Phi) is 4.56. The van der Waals surface area contributed by atoms with Gasteiger partial charge in [-0.3, -0.25) is 0 Å². The molecular weight excluding hydrogens is 309 g/mol. The van der Waals surface area contributed by atoms with E-state index in [2.05, 4.69) is 15.9 Å². The summed E-state index contributed by atoms with van der Waals surface area (Å²) in [6, 6.07) is 12.3. The number of hydrogen-bond donors (Lipinski definition) is 1. The molecule has 2 rings (SSSR count). The van der Waals surface area contributed by atoms with Crippen LogP contribution in [0, 0.1) is 5.82 Å². The lowest BCUT2D eigenvalue weighted by atomic mass is 10.1. The molecule has 0 saturated carbocycles. The van der Waals surface area contributed by atoms with Gasteiger partial charge in [0.25, 0.3) is 0 Å². The highest BCUT2D eigenvalue weighted by Crippen LogP contribution is 2.20. The number of ether oxygens (including phenoxy) is 1. The van der Waals surface area contributed by atoms with Crippen LogP contribution in [0.1, 0.15) is 24.1 Å². The fraction of sp³-hybridized carbons (Fsp3) is 0.200. The Morgan fingerprint density at radius 2 is 2.05 bits per heavy atom. The summed E-state index contributed by atoms with van der Waals surface area (Å²) in [5, 5.41) is 0. The second-order valence-electron chi connectivity index (χ2n) is 4.43. The van der Waals surface area contributed by atoms with Crippen molar-refractivity contribution >= 4 is 15.9 Å². The summed E-state index contributed by atoms with van der Waals surface area (Å²) >= 11 is 3.26. The van der Waals surface area contributed by atoms with Crippen LogP contribution >= 0.6 is 15.9 Å². The largest absolute Gasteiger partial charge is 0.489 e. The van der Waals surface area contributed by atoms with Gasteiger partial charge in [0.15, 0.2) is 0 Å². The van der Waals surface area contributed by atoms with Crippen LogP contribution in [-0.2, 0) is 6.61 Å². The fourth-order valence-electron chi connectivity index (χ4n) is 1.75. The van der Waals surface area contributed by atoms with Gasteiger partial charge in [0.1, 0.15) is 18.2 Å². The first-order valence-electron chi connectivity index (χ1n) is 5.98. The van der Waals surface area contributed by atoms with Crippen molar-refractivity contribution in [3.05, 3.63) is 63.9 Å². The van der Waals surface area contributed by atoms with E-state index < -0.39 is 0 Å². The molecule has 19 heavy (non-hydrogen) atoms. The van der Waals surface area contributed by atoms with E-state index in [1.165, 1.54) is 12.1 Å². The van der Waals surface area contributed by atoms with Gasteiger partial charge < -0.3 is 10.5 Å². The summed E-state index contributed by atoms with van der Waals surface area (Å²) in [7, 11) is 0. The number of nitrogens with two attached hydrogens (primary N) is 1. The maximum atomic E-state index is 13.2. The number of benzene rings is 2. The molecule has 2 N–H and O–H groups in total. The van der Waals surface area contributed by atoms with Crippen LogP contribution in [0.4, 0.5) is 4.39 Å². The molecular formula is C15H15BrFNO. The van der Waals surface area contributed by atoms with E-state index in [-0.39, 0.29) is 11.9 Å². The van der Waals surface area contributed by atoms with E-state index in [0.717, 1.165) is 16.9 Å². The lowest BCUT2D eigenvalue weighted by molar-refractivity contribution is 0.305. The molecule has 0 fully saturated rings. The van der Waals surface area contributed by atoms with Crippen LogP contribution in [-0.4, -0.2) is 0 Å². The number of hydrogen-bond acceptors (Lipinski definition) is 2. The molecule has 0 unspecified atom stereocenters. The van der Waals surface area contributed by atoms with Gasteiger partial charge in [0.05, 0.1) is 0 Å². The van der Waals surface area contributed by atoms with Crippen LogP contribution in [0.5, 0.6) is 5.75 Å². The van der Waals surface area contributed by atoms with Gasteiger partial charge in [-0.15, -0.1) is 0 Å². The summed E-state index contributed by atoms with van der Waals surface area (Å²) in [5.41, 5.74) is 7.61. The lowest BCUT2D eigenvalue weighted by Crippen LogP contribution is -2.05. The molecule has 1 atom stereocenters. The maximum Gasteiger partial charge on any atom is 0.124 e. The van der Waals surface area contributed by atoms with Crippen molar-refractivity contribution in [3.63, 3.8) is 0 Å². The maximum absolute atomic E-state index is 13.2. The Bertz CT molecular complexity index is 552. The third kappa shape index (κ3) is 4.04. The minimum atomic E-state index is -0.280. The minimum Gasteiger partial charge on any atom is -0.489 e. The molecule has 0 radical (unpaired) electrons. The normalized spacial score (nSPS) is 12.2. The van der Waals surface area contributed by atoms with Crippen LogP contribution in [0.2, 0.25) is 0 Å². The van der Waals surface area contributed by atoms with Crippen molar-refractivity contribution in [2.24, 2.45) is 5.73 Å². The molecule has 0 spiro atoms. The lowest BCUT2D eigenvalue weighted by Gasteiger charge is -2.10. The van der Waals surface area contributed by atoms with Crippen molar-refractivity contribution in [1.29, 1.82) is 0 Å². The third-order valence-electron chi connectivity index (χ3n) is 2.71. The summed E-state index contributed by atoms with van der Waals surface area (Å²) in [4.78, 5) is 0. The van der Waals surface area contributed by atoms with Gasteiger partial charge in [-0.2, -0.15) is 0 Å². The van der Waals surface area contributed by atoms with E-state index in [4.69, 9.17) is 10.5 Å². The van der Waals surface area contributed by atoms with Crippen LogP contribution in [0.3, 0.4) is 0 Å². The quantitative estimate of drug-likeness (QED) is 0.915. The van der Waals surface area contributed by atoms with Crippen molar-refractivity contribution < 1.29 is 9.13 Å². The van der Waals surface area contributed by atoms with E-state index in [1.807, 2.05) is 37.3 Å². The van der Waals surface area contributed by atoms with Gasteiger partial charge in [-0.25, -0.2) is 4.39 Å². The first kappa shape index (κ1) is 14.0. The Morgan fingerprint density at radius 3 is 2.74 bits per heavy atom. The van der Waals surface area contributed by atoms with Gasteiger partial charge in [-0.1, -0.05) is 28.1 Å². The standard InChI is InChI=1S/C15H15BrFNO/c1-10(18)12-3-2-4-15(7-12)19-9-11-5-13(16)8-14(17)6-11/h2-8,10H,9,18H2,1H3/t10-/m1/s1. The van der Waals surface area contributed by atoms with Crippen molar-refractivity contribution in [2.45, 2.75) is 19.6 Å². The van der Waals surface area contributed by atoms with Crippen molar-refractivity contribution in [2.75, 3.05) is 0 Å². The Hall–Kier alpha value is -1.39. The molecule has 2 nitrogen and oxygen atoms in total. The Morgan fingerprint density at radius 1 is 1.26 bits per heavy atom. The van der Waals surface area contributed by atoms with Gasteiger partial charge >= 0.3 is 0 Å². The van der Waals surface area contributed by atoms with Gasteiger partial charge in [-0.05, 0) is 48.4 Å². The second-order valence-corrected chi connectivity index (χ2v) is 5.34. The SMILES string of the molecule is C[C@@H](N)c1cccc(OCc2cc(F)cc(Br)c2)c1. The number of rotatable bonds is 4. The Balaban J connectivity index is 2.07. The fourth-order valence-corrected chi connectivity index (χ4v) is 2.26. The van der Waals surface area contributed by atoms with Crippen LogP contribution in [0.25, 0.3) is 0 Å². The average Bonchev–Trinajstić information content (AvgIpc) is 2.35. The first-order valence-corrected chi connectivity index (χ1v) is 6.77. The molecule has 0 heterocycles. The predicted molar refractivity (Wildman–Crippen MR) is 77.5 cm³/mol. The van der Waals surface area contributed by atoms with Gasteiger partial charge in [0, 0.05) is 10.5 Å². The molecule has 100 valence electrons. The number of halogens is 2. The smallest absolute Gasteiger partial charge is 0.124 e. The highest BCUT2D eigenvalue weighted by atomic mass is 79.9. The average molecular weight is 324 g/mol. The summed E-state index contributed by atoms with van der Waals surface area (Å²) in [6.07, 6.45) is 0. The topological polar surface area (TPSA) is 35.2 Å². The molecule has 0 aliphatic heterocycles. The zero-order valence-electron chi connectivity index (χ0n) is 10.6. The molecule has 2 aromatic rings. The van der Waals surface area contributed by atoms with Crippen LogP contribution < -0.4 is 10.5 Å². The molecule has 0 aliphatic rings. The highest BCUT2D eigenvalue weighted by molar-refractivity contribution is 9.10. The molecule has 0 aliphatic carbocycles. The monoisotopic (exact) mass is 323 g/mol. The molecule has 2 aromatic carbocycles. The predicted octanol–water partition coefficient (Wildman–Crippen LogP) is 4.19. The summed E-state index contributed by atoms with van der Waals surface area (Å²) in [6.45, 7) is 2.24. The molecule has 4 heteroatoms.